The van der Waals surface area contributed by atoms with Gasteiger partial charge in [-0.1, -0.05) is 64.8 Å². The third-order valence-electron chi connectivity index (χ3n) is 8.87. The highest BCUT2D eigenvalue weighted by atomic mass is 33.7. The second kappa shape index (κ2) is 33.0. The highest BCUT2D eigenvalue weighted by Gasteiger charge is 2.59. The minimum absolute atomic E-state index is 0.0395. The van der Waals surface area contributed by atoms with Crippen LogP contribution in [0.5, 0.6) is 0 Å². The van der Waals surface area contributed by atoms with E-state index < -0.39 is 26.4 Å². The monoisotopic (exact) mass is 1060 g/mol. The van der Waals surface area contributed by atoms with Crippen molar-refractivity contribution in [2.24, 2.45) is 11.3 Å². The van der Waals surface area contributed by atoms with E-state index in [1.807, 2.05) is 164 Å². The molecular formula is C32H68O9S12Si3. The molecule has 0 unspecified atom stereocenters. The van der Waals surface area contributed by atoms with Crippen LogP contribution >= 0.6 is 124 Å². The van der Waals surface area contributed by atoms with Crippen LogP contribution in [0.25, 0.3) is 0 Å². The van der Waals surface area contributed by atoms with Gasteiger partial charge >= 0.3 is 26.4 Å². The standard InChI is InChI=1S/C32H68O9S12Si3/c1-10-33-54(34-11-2,35-12-3)25-19-24-42-48-49-43-27-32(31-22-20-30(26-31)21-23-31,46-52-50-44-28-55(36-13-4,37-14-5)38-15-6)47-53-51-45-29-56(39-16-7,40-17-8)41-18-9/h30H,10-29H2,1-9H3. The molecule has 24 heteroatoms. The first-order chi connectivity index (χ1) is 27.2. The van der Waals surface area contributed by atoms with Crippen LogP contribution in [0, 0.1) is 11.3 Å². The van der Waals surface area contributed by atoms with Gasteiger partial charge < -0.3 is 39.8 Å². The Morgan fingerprint density at radius 2 is 0.857 bits per heavy atom. The van der Waals surface area contributed by atoms with Gasteiger partial charge in [-0.25, -0.2) is 0 Å². The van der Waals surface area contributed by atoms with Crippen LogP contribution in [0.15, 0.2) is 0 Å². The van der Waals surface area contributed by atoms with E-state index in [0.717, 1.165) is 40.6 Å². The summed E-state index contributed by atoms with van der Waals surface area (Å²) in [6.07, 6.45) is 7.71. The molecule has 2 fully saturated rings. The van der Waals surface area contributed by atoms with Gasteiger partial charge in [-0.05, 0) is 171 Å². The Bertz CT molecular complexity index is 903. The van der Waals surface area contributed by atoms with Gasteiger partial charge in [0.1, 0.15) is 0 Å². The van der Waals surface area contributed by atoms with E-state index in [4.69, 9.17) is 39.8 Å². The van der Waals surface area contributed by atoms with Crippen LogP contribution in [0.2, 0.25) is 6.04 Å². The van der Waals surface area contributed by atoms with Crippen molar-refractivity contribution in [2.45, 2.75) is 111 Å². The zero-order valence-corrected chi connectivity index (χ0v) is 47.6. The first kappa shape index (κ1) is 56.6. The molecule has 2 bridgehead atoms. The Labute approximate surface area is 389 Å². The van der Waals surface area contributed by atoms with Crippen LogP contribution in [-0.2, 0) is 39.8 Å². The van der Waals surface area contributed by atoms with Gasteiger partial charge in [0.2, 0.25) is 0 Å². The van der Waals surface area contributed by atoms with E-state index in [0.29, 0.717) is 64.9 Å². The average Bonchev–Trinajstić information content (AvgIpc) is 3.80. The van der Waals surface area contributed by atoms with Crippen LogP contribution in [-0.4, -0.2) is 112 Å². The molecule has 9 nitrogen and oxygen atoms in total. The molecule has 2 saturated carbocycles. The molecule has 0 atom stereocenters. The second-order valence-corrected chi connectivity index (χ2v) is 40.0. The summed E-state index contributed by atoms with van der Waals surface area (Å²) in [4.78, 5) is 0. The van der Waals surface area contributed by atoms with Crippen molar-refractivity contribution in [2.75, 3.05) is 81.7 Å². The quantitative estimate of drug-likeness (QED) is 0.0252. The Hall–Kier alpha value is 4.49. The van der Waals surface area contributed by atoms with E-state index >= 15 is 0 Å². The predicted molar refractivity (Wildman–Crippen MR) is 274 cm³/mol. The minimum Gasteiger partial charge on any atom is -0.374 e. The maximum absolute atomic E-state index is 6.15. The predicted octanol–water partition coefficient (Wildman–Crippen LogP) is 13.9. The summed E-state index contributed by atoms with van der Waals surface area (Å²) in [7, 11) is 15.2. The SMILES string of the molecule is CCO[Si](CCCSSSSCC(SSSSC[Si](OCC)(OCC)OCC)(SSSSC[Si](OCC)(OCC)OCC)C12CCC(CC1)C2)(OCC)OCC. The van der Waals surface area contributed by atoms with Gasteiger partial charge in [0.25, 0.3) is 0 Å². The fraction of sp³-hybridized carbons (Fsp3) is 1.00. The molecule has 0 N–H and O–H groups in total. The third-order valence-corrected chi connectivity index (χ3v) is 42.5. The highest BCUT2D eigenvalue weighted by Crippen LogP contribution is 2.73. The molecule has 2 rings (SSSR count). The van der Waals surface area contributed by atoms with Crippen molar-refractivity contribution in [3.8, 4) is 0 Å². The van der Waals surface area contributed by atoms with Crippen molar-refractivity contribution in [3.63, 3.8) is 0 Å². The maximum atomic E-state index is 6.15. The summed E-state index contributed by atoms with van der Waals surface area (Å²) >= 11 is 0. The molecule has 0 aliphatic heterocycles. The first-order valence-electron chi connectivity index (χ1n) is 19.8. The summed E-state index contributed by atoms with van der Waals surface area (Å²) in [6, 6.07) is 0.862. The van der Waals surface area contributed by atoms with Gasteiger partial charge in [-0.15, -0.1) is 0 Å². The van der Waals surface area contributed by atoms with E-state index in [1.165, 1.54) is 32.1 Å². The van der Waals surface area contributed by atoms with E-state index in [2.05, 4.69) is 21.6 Å². The molecule has 2 aliphatic carbocycles. The summed E-state index contributed by atoms with van der Waals surface area (Å²) in [5.41, 5.74) is 0.321. The Kier molecular flexibility index (Phi) is 33.4. The molecule has 0 aromatic carbocycles. The van der Waals surface area contributed by atoms with Crippen molar-refractivity contribution in [3.05, 3.63) is 0 Å². The lowest BCUT2D eigenvalue weighted by molar-refractivity contribution is 0.0710. The lowest BCUT2D eigenvalue weighted by atomic mass is 9.81. The number of hydrogen-bond acceptors (Lipinski definition) is 21. The van der Waals surface area contributed by atoms with Gasteiger partial charge in [0.15, 0.2) is 0 Å². The summed E-state index contributed by atoms with van der Waals surface area (Å²) in [5, 5.41) is 1.48. The van der Waals surface area contributed by atoms with Crippen LogP contribution < -0.4 is 0 Å². The smallest absolute Gasteiger partial charge is 0.374 e. The van der Waals surface area contributed by atoms with Gasteiger partial charge in [0, 0.05) is 77.0 Å². The molecule has 0 saturated heterocycles. The zero-order chi connectivity index (χ0) is 41.1. The van der Waals surface area contributed by atoms with E-state index in [-0.39, 0.29) is 4.08 Å². The number of fused-ring (bicyclic) bond motifs is 2. The Morgan fingerprint density at radius 1 is 0.482 bits per heavy atom. The maximum Gasteiger partial charge on any atom is 0.512 e. The van der Waals surface area contributed by atoms with Crippen molar-refractivity contribution in [1.82, 2.24) is 0 Å². The summed E-state index contributed by atoms with van der Waals surface area (Å²) in [5.74, 6) is 2.98. The fourth-order valence-electron chi connectivity index (χ4n) is 6.83. The summed E-state index contributed by atoms with van der Waals surface area (Å²) in [6.45, 7) is 23.7. The molecule has 0 heterocycles. The first-order valence-corrected chi connectivity index (χ1v) is 40.7. The fourth-order valence-corrected chi connectivity index (χ4v) is 43.6. The van der Waals surface area contributed by atoms with E-state index in [1.54, 1.807) is 0 Å². The summed E-state index contributed by atoms with van der Waals surface area (Å²) < 4.78 is 55.2. The number of rotatable bonds is 40. The minimum atomic E-state index is -2.71. The molecule has 56 heavy (non-hydrogen) atoms. The molecule has 2 aliphatic rings. The molecular weight excluding hydrogens is 997 g/mol. The van der Waals surface area contributed by atoms with Gasteiger partial charge in [-0.3, -0.25) is 0 Å². The van der Waals surface area contributed by atoms with Gasteiger partial charge in [-0.2, -0.15) is 0 Å². The van der Waals surface area contributed by atoms with Crippen LogP contribution in [0.1, 0.15) is 101 Å². The topological polar surface area (TPSA) is 83.1 Å². The van der Waals surface area contributed by atoms with Crippen molar-refractivity contribution < 1.29 is 39.8 Å². The third kappa shape index (κ3) is 19.5. The van der Waals surface area contributed by atoms with Crippen molar-refractivity contribution in [1.29, 1.82) is 0 Å². The zero-order valence-electron chi connectivity index (χ0n) is 34.8. The largest absolute Gasteiger partial charge is 0.512 e. The molecule has 0 spiro atoms. The average molecular weight is 1070 g/mol. The normalized spacial score (nSPS) is 19.1. The Balaban J connectivity index is 2.13. The molecule has 0 aromatic rings. The van der Waals surface area contributed by atoms with E-state index in [9.17, 15) is 0 Å². The lowest BCUT2D eigenvalue weighted by Gasteiger charge is -2.45. The van der Waals surface area contributed by atoms with Crippen LogP contribution in [0.3, 0.4) is 0 Å². The van der Waals surface area contributed by atoms with Crippen molar-refractivity contribution >= 4 is 150 Å². The molecule has 0 amide bonds. The number of hydrogen-bond donors (Lipinski definition) is 0. The van der Waals surface area contributed by atoms with Crippen LogP contribution in [0.4, 0.5) is 0 Å². The second-order valence-electron chi connectivity index (χ2n) is 12.4. The molecule has 0 radical (unpaired) electrons. The lowest BCUT2D eigenvalue weighted by Crippen LogP contribution is -2.49. The molecule has 0 aromatic heterocycles. The highest BCUT2D eigenvalue weighted by molar-refractivity contribution is 9.29. The van der Waals surface area contributed by atoms with Gasteiger partial charge in [0.05, 0.1) is 14.8 Å². The Morgan fingerprint density at radius 3 is 1.23 bits per heavy atom. The molecule has 334 valence electrons.